The van der Waals surface area contributed by atoms with Gasteiger partial charge in [-0.15, -0.1) is 0 Å². The smallest absolute Gasteiger partial charge is 0.277 e. The lowest BCUT2D eigenvalue weighted by Crippen LogP contribution is -2.02. The van der Waals surface area contributed by atoms with Gasteiger partial charge in [0.2, 0.25) is 0 Å². The molecule has 110 valence electrons. The summed E-state index contributed by atoms with van der Waals surface area (Å²) in [5, 5.41) is 20.2. The first-order chi connectivity index (χ1) is 10.0. The molecule has 0 unspecified atom stereocenters. The zero-order chi connectivity index (χ0) is 15.4. The number of halogens is 2. The van der Waals surface area contributed by atoms with Crippen molar-refractivity contribution in [2.24, 2.45) is 0 Å². The molecule has 0 saturated heterocycles. The van der Waals surface area contributed by atoms with Crippen molar-refractivity contribution in [2.75, 3.05) is 0 Å². The van der Waals surface area contributed by atoms with E-state index in [0.29, 0.717) is 10.0 Å². The van der Waals surface area contributed by atoms with E-state index < -0.39 is 10.7 Å². The molecule has 0 bridgehead atoms. The fraction of sp³-hybridized carbons (Fsp3) is 0.143. The Morgan fingerprint density at radius 1 is 1.24 bits per heavy atom. The summed E-state index contributed by atoms with van der Waals surface area (Å²) in [6.07, 6.45) is 0. The fourth-order valence-electron chi connectivity index (χ4n) is 1.80. The molecule has 0 spiro atoms. The van der Waals surface area contributed by atoms with Gasteiger partial charge in [0.05, 0.1) is 17.1 Å². The van der Waals surface area contributed by atoms with Gasteiger partial charge in [-0.05, 0) is 30.3 Å². The highest BCUT2D eigenvalue weighted by molar-refractivity contribution is 9.10. The summed E-state index contributed by atoms with van der Waals surface area (Å²) in [4.78, 5) is 10.5. The third kappa shape index (κ3) is 3.77. The fourth-order valence-corrected chi connectivity index (χ4v) is 2.15. The van der Waals surface area contributed by atoms with Gasteiger partial charge >= 0.3 is 0 Å². The highest BCUT2D eigenvalue weighted by atomic mass is 79.9. The van der Waals surface area contributed by atoms with E-state index in [-0.39, 0.29) is 30.2 Å². The van der Waals surface area contributed by atoms with Crippen LogP contribution in [0.3, 0.4) is 0 Å². The number of nitro groups is 1. The van der Waals surface area contributed by atoms with Crippen molar-refractivity contribution in [1.82, 2.24) is 0 Å². The van der Waals surface area contributed by atoms with Gasteiger partial charge in [-0.2, -0.15) is 0 Å². The molecule has 0 aliphatic heterocycles. The van der Waals surface area contributed by atoms with Gasteiger partial charge in [0.1, 0.15) is 18.2 Å². The van der Waals surface area contributed by atoms with Crippen molar-refractivity contribution >= 4 is 21.6 Å². The molecular weight excluding hydrogens is 345 g/mol. The van der Waals surface area contributed by atoms with E-state index >= 15 is 0 Å². The predicted molar refractivity (Wildman–Crippen MR) is 77.5 cm³/mol. The summed E-state index contributed by atoms with van der Waals surface area (Å²) in [7, 11) is 0. The molecule has 0 amide bonds. The second-order valence-corrected chi connectivity index (χ2v) is 5.14. The van der Waals surface area contributed by atoms with E-state index in [1.807, 2.05) is 0 Å². The molecule has 21 heavy (non-hydrogen) atoms. The van der Waals surface area contributed by atoms with Crippen molar-refractivity contribution in [3.8, 4) is 5.75 Å². The van der Waals surface area contributed by atoms with E-state index in [0.717, 1.165) is 6.07 Å². The first-order valence-electron chi connectivity index (χ1n) is 5.96. The largest absolute Gasteiger partial charge is 0.488 e. The lowest BCUT2D eigenvalue weighted by molar-refractivity contribution is -0.385. The summed E-state index contributed by atoms with van der Waals surface area (Å²) in [6.45, 7) is -0.433. The summed E-state index contributed by atoms with van der Waals surface area (Å²) in [5.74, 6) is -0.197. The summed E-state index contributed by atoms with van der Waals surface area (Å²) >= 11 is 3.17. The SMILES string of the molecule is O=[N+]([O-])c1cc(Br)ccc1COc1ccc(F)cc1CO. The average Bonchev–Trinajstić information content (AvgIpc) is 2.46. The quantitative estimate of drug-likeness (QED) is 0.657. The van der Waals surface area contributed by atoms with Crippen LogP contribution in [0, 0.1) is 15.9 Å². The molecule has 0 atom stereocenters. The van der Waals surface area contributed by atoms with Gasteiger partial charge in [0.25, 0.3) is 5.69 Å². The Labute approximate surface area is 128 Å². The minimum absolute atomic E-state index is 0.0533. The Bertz CT molecular complexity index is 678. The summed E-state index contributed by atoms with van der Waals surface area (Å²) in [6, 6.07) is 8.37. The van der Waals surface area contributed by atoms with E-state index in [2.05, 4.69) is 15.9 Å². The summed E-state index contributed by atoms with van der Waals surface area (Å²) < 4.78 is 19.1. The summed E-state index contributed by atoms with van der Waals surface area (Å²) in [5.41, 5.74) is 0.600. The average molecular weight is 356 g/mol. The van der Waals surface area contributed by atoms with Crippen molar-refractivity contribution in [1.29, 1.82) is 0 Å². The van der Waals surface area contributed by atoms with Crippen LogP contribution >= 0.6 is 15.9 Å². The maximum atomic E-state index is 13.1. The van der Waals surface area contributed by atoms with Gasteiger partial charge in [0.15, 0.2) is 0 Å². The van der Waals surface area contributed by atoms with Gasteiger partial charge in [0, 0.05) is 16.1 Å². The van der Waals surface area contributed by atoms with E-state index in [1.165, 1.54) is 18.2 Å². The molecule has 2 aromatic carbocycles. The topological polar surface area (TPSA) is 72.6 Å². The molecule has 7 heteroatoms. The molecule has 0 saturated carbocycles. The Morgan fingerprint density at radius 2 is 2.00 bits per heavy atom. The van der Waals surface area contributed by atoms with Crippen LogP contribution in [-0.4, -0.2) is 10.0 Å². The van der Waals surface area contributed by atoms with Gasteiger partial charge in [-0.1, -0.05) is 15.9 Å². The molecular formula is C14H11BrFNO4. The lowest BCUT2D eigenvalue weighted by atomic mass is 10.2. The van der Waals surface area contributed by atoms with Crippen LogP contribution in [0.15, 0.2) is 40.9 Å². The van der Waals surface area contributed by atoms with Crippen molar-refractivity contribution in [2.45, 2.75) is 13.2 Å². The maximum Gasteiger partial charge on any atom is 0.277 e. The normalized spacial score (nSPS) is 10.4. The molecule has 0 aliphatic carbocycles. The van der Waals surface area contributed by atoms with Gasteiger partial charge < -0.3 is 9.84 Å². The highest BCUT2D eigenvalue weighted by Gasteiger charge is 2.15. The highest BCUT2D eigenvalue weighted by Crippen LogP contribution is 2.26. The number of aliphatic hydroxyl groups is 1. The molecule has 0 aliphatic rings. The maximum absolute atomic E-state index is 13.1. The second kappa shape index (κ2) is 6.64. The minimum Gasteiger partial charge on any atom is -0.488 e. The van der Waals surface area contributed by atoms with Crippen LogP contribution in [0.4, 0.5) is 10.1 Å². The van der Waals surface area contributed by atoms with E-state index in [9.17, 15) is 14.5 Å². The molecule has 0 aromatic heterocycles. The van der Waals surface area contributed by atoms with Gasteiger partial charge in [-0.3, -0.25) is 10.1 Å². The first kappa shape index (κ1) is 15.4. The van der Waals surface area contributed by atoms with Crippen molar-refractivity contribution in [3.05, 3.63) is 67.9 Å². The number of hydrogen-bond donors (Lipinski definition) is 1. The van der Waals surface area contributed by atoms with Crippen LogP contribution in [0.2, 0.25) is 0 Å². The first-order valence-corrected chi connectivity index (χ1v) is 6.75. The molecule has 5 nitrogen and oxygen atoms in total. The molecule has 0 heterocycles. The second-order valence-electron chi connectivity index (χ2n) is 4.23. The van der Waals surface area contributed by atoms with Crippen LogP contribution in [0.1, 0.15) is 11.1 Å². The Kier molecular flexibility index (Phi) is 4.87. The van der Waals surface area contributed by atoms with Gasteiger partial charge in [-0.25, -0.2) is 4.39 Å². The molecule has 0 radical (unpaired) electrons. The third-order valence-corrected chi connectivity index (χ3v) is 3.31. The van der Waals surface area contributed by atoms with Crippen LogP contribution in [0.5, 0.6) is 5.75 Å². The monoisotopic (exact) mass is 355 g/mol. The minimum atomic E-state index is -0.499. The van der Waals surface area contributed by atoms with Crippen molar-refractivity contribution in [3.63, 3.8) is 0 Å². The predicted octanol–water partition coefficient (Wildman–Crippen LogP) is 3.57. The zero-order valence-electron chi connectivity index (χ0n) is 10.8. The number of hydrogen-bond acceptors (Lipinski definition) is 4. The standard InChI is InChI=1S/C14H11BrFNO4/c15-11-2-1-9(13(6-11)17(19)20)8-21-14-4-3-12(16)5-10(14)7-18/h1-6,18H,7-8H2. The van der Waals surface area contributed by atoms with Crippen LogP contribution < -0.4 is 4.74 Å². The van der Waals surface area contributed by atoms with Crippen LogP contribution in [0.25, 0.3) is 0 Å². The third-order valence-electron chi connectivity index (χ3n) is 2.82. The van der Waals surface area contributed by atoms with E-state index in [4.69, 9.17) is 9.84 Å². The number of benzene rings is 2. The number of rotatable bonds is 5. The Hall–Kier alpha value is -1.99. The number of ether oxygens (including phenoxy) is 1. The van der Waals surface area contributed by atoms with E-state index in [1.54, 1.807) is 12.1 Å². The molecule has 0 fully saturated rings. The van der Waals surface area contributed by atoms with Crippen molar-refractivity contribution < 1.29 is 19.2 Å². The Morgan fingerprint density at radius 3 is 2.67 bits per heavy atom. The van der Waals surface area contributed by atoms with Crippen LogP contribution in [-0.2, 0) is 13.2 Å². The molecule has 2 rings (SSSR count). The lowest BCUT2D eigenvalue weighted by Gasteiger charge is -2.10. The zero-order valence-corrected chi connectivity index (χ0v) is 12.3. The number of nitrogens with zero attached hydrogens (tertiary/aromatic N) is 1. The molecule has 1 N–H and O–H groups in total. The number of nitro benzene ring substituents is 1. The molecule has 2 aromatic rings. The Balaban J connectivity index is 2.22. The number of aliphatic hydroxyl groups excluding tert-OH is 1.